The van der Waals surface area contributed by atoms with Gasteiger partial charge in [-0.3, -0.25) is 4.79 Å². The molecule has 0 aliphatic carbocycles. The van der Waals surface area contributed by atoms with Crippen molar-refractivity contribution in [2.45, 2.75) is 29.2 Å². The van der Waals surface area contributed by atoms with E-state index in [9.17, 15) is 13.2 Å². The lowest BCUT2D eigenvalue weighted by atomic mass is 9.97. The van der Waals surface area contributed by atoms with Crippen LogP contribution >= 0.6 is 23.4 Å². The van der Waals surface area contributed by atoms with Crippen LogP contribution in [0.4, 0.5) is 5.69 Å². The highest BCUT2D eigenvalue weighted by Gasteiger charge is 2.31. The fourth-order valence-corrected chi connectivity index (χ4v) is 6.66. The number of hydrogen-bond donors (Lipinski definition) is 1. The summed E-state index contributed by atoms with van der Waals surface area (Å²) in [4.78, 5) is 14.0. The third-order valence-electron chi connectivity index (χ3n) is 5.88. The molecule has 1 heterocycles. The second-order valence-electron chi connectivity index (χ2n) is 8.31. The first-order chi connectivity index (χ1) is 16.4. The molecule has 0 unspecified atom stereocenters. The molecule has 0 saturated carbocycles. The van der Waals surface area contributed by atoms with Gasteiger partial charge in [0.15, 0.2) is 0 Å². The van der Waals surface area contributed by atoms with Crippen molar-refractivity contribution < 1.29 is 13.2 Å². The number of hydrogen-bond acceptors (Lipinski definition) is 4. The first-order valence-electron chi connectivity index (χ1n) is 11.2. The van der Waals surface area contributed by atoms with E-state index in [1.54, 1.807) is 36.0 Å². The summed E-state index contributed by atoms with van der Waals surface area (Å²) in [6.07, 6.45) is 0.999. The van der Waals surface area contributed by atoms with Crippen molar-refractivity contribution in [1.82, 2.24) is 4.31 Å². The highest BCUT2D eigenvalue weighted by molar-refractivity contribution is 7.98. The summed E-state index contributed by atoms with van der Waals surface area (Å²) in [5.74, 6) is 0.465. The number of nitrogens with zero attached hydrogens (tertiary/aromatic N) is 1. The summed E-state index contributed by atoms with van der Waals surface area (Å²) in [5, 5.41) is 3.43. The Labute approximate surface area is 210 Å². The van der Waals surface area contributed by atoms with Crippen molar-refractivity contribution in [3.63, 3.8) is 0 Å². The maximum absolute atomic E-state index is 12.8. The summed E-state index contributed by atoms with van der Waals surface area (Å²) in [7, 11) is -3.48. The summed E-state index contributed by atoms with van der Waals surface area (Å²) >= 11 is 7.90. The minimum atomic E-state index is -3.48. The van der Waals surface area contributed by atoms with Crippen molar-refractivity contribution in [3.05, 3.63) is 95.0 Å². The van der Waals surface area contributed by atoms with Gasteiger partial charge in [-0.25, -0.2) is 12.7 Å². The second-order valence-corrected chi connectivity index (χ2v) is 11.7. The Hall–Kier alpha value is -2.32. The Morgan fingerprint density at radius 2 is 1.59 bits per heavy atom. The number of halogens is 1. The van der Waals surface area contributed by atoms with Crippen molar-refractivity contribution >= 4 is 45.0 Å². The van der Waals surface area contributed by atoms with Gasteiger partial charge in [0.05, 0.1) is 5.75 Å². The summed E-state index contributed by atoms with van der Waals surface area (Å²) < 4.78 is 27.1. The molecule has 34 heavy (non-hydrogen) atoms. The van der Waals surface area contributed by atoms with Gasteiger partial charge in [0.25, 0.3) is 0 Å². The fraction of sp³-hybridized carbons (Fsp3) is 0.269. The lowest BCUT2D eigenvalue weighted by molar-refractivity contribution is -0.120. The number of amides is 1. The molecule has 1 N–H and O–H groups in total. The molecule has 0 spiro atoms. The maximum atomic E-state index is 12.8. The molecule has 0 atom stereocenters. The number of anilines is 1. The van der Waals surface area contributed by atoms with Crippen LogP contribution in [0.1, 0.15) is 24.0 Å². The molecule has 3 aromatic carbocycles. The van der Waals surface area contributed by atoms with Gasteiger partial charge in [-0.2, -0.15) is 0 Å². The first kappa shape index (κ1) is 24.8. The Morgan fingerprint density at radius 3 is 2.26 bits per heavy atom. The van der Waals surface area contributed by atoms with Crippen molar-refractivity contribution in [2.24, 2.45) is 5.92 Å². The predicted molar refractivity (Wildman–Crippen MR) is 139 cm³/mol. The van der Waals surface area contributed by atoms with Gasteiger partial charge in [0, 0.05) is 40.4 Å². The van der Waals surface area contributed by atoms with Crippen LogP contribution in [0.15, 0.2) is 83.8 Å². The van der Waals surface area contributed by atoms with Crippen LogP contribution < -0.4 is 5.32 Å². The van der Waals surface area contributed by atoms with Gasteiger partial charge in [-0.15, -0.1) is 11.8 Å². The first-order valence-corrected chi connectivity index (χ1v) is 14.2. The van der Waals surface area contributed by atoms with Crippen LogP contribution in [0, 0.1) is 5.92 Å². The van der Waals surface area contributed by atoms with E-state index in [0.29, 0.717) is 36.5 Å². The van der Waals surface area contributed by atoms with E-state index < -0.39 is 10.0 Å². The molecule has 3 aromatic rings. The zero-order chi connectivity index (χ0) is 24.0. The zero-order valence-electron chi connectivity index (χ0n) is 18.7. The second kappa shape index (κ2) is 11.4. The molecule has 1 saturated heterocycles. The van der Waals surface area contributed by atoms with Gasteiger partial charge < -0.3 is 5.32 Å². The maximum Gasteiger partial charge on any atom is 0.227 e. The smallest absolute Gasteiger partial charge is 0.227 e. The van der Waals surface area contributed by atoms with Gasteiger partial charge in [0.1, 0.15) is 0 Å². The van der Waals surface area contributed by atoms with E-state index in [0.717, 1.165) is 11.4 Å². The number of carbonyl (C=O) groups is 1. The minimum Gasteiger partial charge on any atom is -0.326 e. The topological polar surface area (TPSA) is 66.5 Å². The van der Waals surface area contributed by atoms with Crippen LogP contribution in [0.2, 0.25) is 5.02 Å². The van der Waals surface area contributed by atoms with Gasteiger partial charge in [-0.1, -0.05) is 60.1 Å². The number of nitrogens with one attached hydrogen (secondary N) is 1. The molecule has 8 heteroatoms. The van der Waals surface area contributed by atoms with E-state index in [-0.39, 0.29) is 17.6 Å². The Balaban J connectivity index is 1.26. The quantitative estimate of drug-likeness (QED) is 0.385. The lowest BCUT2D eigenvalue weighted by Crippen LogP contribution is -2.41. The highest BCUT2D eigenvalue weighted by atomic mass is 35.5. The van der Waals surface area contributed by atoms with Crippen molar-refractivity contribution in [3.8, 4) is 0 Å². The van der Waals surface area contributed by atoms with Crippen molar-refractivity contribution in [2.75, 3.05) is 18.4 Å². The Kier molecular flexibility index (Phi) is 8.32. The molecule has 0 radical (unpaired) electrons. The number of rotatable bonds is 8. The van der Waals surface area contributed by atoms with Gasteiger partial charge >= 0.3 is 0 Å². The molecule has 1 amide bonds. The monoisotopic (exact) mass is 514 g/mol. The molecular weight excluding hydrogens is 488 g/mol. The number of piperidine rings is 1. The van der Waals surface area contributed by atoms with Crippen LogP contribution in [-0.4, -0.2) is 31.7 Å². The zero-order valence-corrected chi connectivity index (χ0v) is 21.1. The number of carbonyl (C=O) groups excluding carboxylic acids is 1. The molecule has 178 valence electrons. The number of sulfonamides is 1. The third kappa shape index (κ3) is 6.63. The Morgan fingerprint density at radius 1 is 0.941 bits per heavy atom. The van der Waals surface area contributed by atoms with Crippen LogP contribution in [0.3, 0.4) is 0 Å². The van der Waals surface area contributed by atoms with E-state index >= 15 is 0 Å². The molecule has 1 aliphatic heterocycles. The SMILES string of the molecule is O=C(Nc1ccc(CSc2ccccc2)cc1)C1CCN(S(=O)(=O)Cc2ccccc2Cl)CC1. The molecule has 5 nitrogen and oxygen atoms in total. The third-order valence-corrected chi connectivity index (χ3v) is 9.16. The molecule has 4 rings (SSSR count). The number of thioether (sulfide) groups is 1. The predicted octanol–water partition coefficient (Wildman–Crippen LogP) is 5.81. The van der Waals surface area contributed by atoms with Gasteiger partial charge in [0.2, 0.25) is 15.9 Å². The minimum absolute atomic E-state index is 0.0606. The molecule has 0 bridgehead atoms. The molecule has 1 aliphatic rings. The average Bonchev–Trinajstić information content (AvgIpc) is 2.86. The van der Waals surface area contributed by atoms with Crippen molar-refractivity contribution in [1.29, 1.82) is 0 Å². The largest absolute Gasteiger partial charge is 0.326 e. The van der Waals surface area contributed by atoms with Gasteiger partial charge in [-0.05, 0) is 54.3 Å². The standard InChI is InChI=1S/C26H27ClN2O3S2/c27-25-9-5-4-6-22(25)19-34(31,32)29-16-14-21(15-17-29)26(30)28-23-12-10-20(11-13-23)18-33-24-7-2-1-3-8-24/h1-13,21H,14-19H2,(H,28,30). The van der Waals surface area contributed by atoms with Crippen LogP contribution in [0.5, 0.6) is 0 Å². The van der Waals surface area contributed by atoms with E-state index in [4.69, 9.17) is 11.6 Å². The molecule has 1 fully saturated rings. The fourth-order valence-electron chi connectivity index (χ4n) is 3.91. The summed E-state index contributed by atoms with van der Waals surface area (Å²) in [6.45, 7) is 0.668. The normalized spacial score (nSPS) is 15.2. The van der Waals surface area contributed by atoms with Crippen LogP contribution in [-0.2, 0) is 26.3 Å². The van der Waals surface area contributed by atoms with E-state index in [1.165, 1.54) is 14.8 Å². The molecular formula is C26H27ClN2O3S2. The summed E-state index contributed by atoms with van der Waals surface area (Å²) in [6, 6.07) is 25.1. The number of benzene rings is 3. The lowest BCUT2D eigenvalue weighted by Gasteiger charge is -2.30. The Bertz CT molecular complexity index is 1210. The van der Waals surface area contributed by atoms with E-state index in [2.05, 4.69) is 17.4 Å². The van der Waals surface area contributed by atoms with E-state index in [1.807, 2.05) is 42.5 Å². The van der Waals surface area contributed by atoms with Crippen LogP contribution in [0.25, 0.3) is 0 Å². The molecule has 0 aromatic heterocycles. The summed E-state index contributed by atoms with van der Waals surface area (Å²) in [5.41, 5.74) is 2.53. The highest BCUT2D eigenvalue weighted by Crippen LogP contribution is 2.26. The average molecular weight is 515 g/mol.